The fraction of sp³-hybridized carbons (Fsp3) is 0.909. The average molecular weight is 199 g/mol. The standard InChI is InChI=1S/C11H21NO2/c1-3-5-6-7-12-11(13)14-10-8-9(10)4-2/h9-10H,3-8H2,1-2H3,(H,12,13). The molecule has 14 heavy (non-hydrogen) atoms. The third kappa shape index (κ3) is 3.99. The van der Waals surface area contributed by atoms with Crippen molar-refractivity contribution in [3.05, 3.63) is 0 Å². The van der Waals surface area contributed by atoms with E-state index in [2.05, 4.69) is 19.2 Å². The van der Waals surface area contributed by atoms with E-state index in [1.54, 1.807) is 0 Å². The minimum absolute atomic E-state index is 0.200. The Balaban J connectivity index is 1.95. The van der Waals surface area contributed by atoms with Gasteiger partial charge in [0.15, 0.2) is 0 Å². The van der Waals surface area contributed by atoms with Crippen molar-refractivity contribution >= 4 is 6.09 Å². The Morgan fingerprint density at radius 1 is 1.43 bits per heavy atom. The first-order valence-electron chi connectivity index (χ1n) is 5.72. The van der Waals surface area contributed by atoms with Gasteiger partial charge < -0.3 is 10.1 Å². The maximum absolute atomic E-state index is 11.2. The summed E-state index contributed by atoms with van der Waals surface area (Å²) < 4.78 is 5.19. The van der Waals surface area contributed by atoms with Crippen molar-refractivity contribution in [2.75, 3.05) is 6.54 Å². The third-order valence-electron chi connectivity index (χ3n) is 2.69. The summed E-state index contributed by atoms with van der Waals surface area (Å²) in [4.78, 5) is 11.2. The van der Waals surface area contributed by atoms with Crippen molar-refractivity contribution in [2.24, 2.45) is 5.92 Å². The summed E-state index contributed by atoms with van der Waals surface area (Å²) in [6.45, 7) is 5.03. The normalized spacial score (nSPS) is 24.4. The highest BCUT2D eigenvalue weighted by Crippen LogP contribution is 2.36. The summed E-state index contributed by atoms with van der Waals surface area (Å²) in [6, 6.07) is 0. The van der Waals surface area contributed by atoms with Gasteiger partial charge in [-0.15, -0.1) is 0 Å². The van der Waals surface area contributed by atoms with Crippen LogP contribution in [-0.4, -0.2) is 18.7 Å². The fourth-order valence-corrected chi connectivity index (χ4v) is 1.54. The van der Waals surface area contributed by atoms with Crippen molar-refractivity contribution in [1.82, 2.24) is 5.32 Å². The van der Waals surface area contributed by atoms with E-state index in [0.717, 1.165) is 25.8 Å². The zero-order chi connectivity index (χ0) is 10.4. The number of ether oxygens (including phenoxy) is 1. The zero-order valence-corrected chi connectivity index (χ0v) is 9.21. The van der Waals surface area contributed by atoms with E-state index < -0.39 is 0 Å². The number of hydrogen-bond donors (Lipinski definition) is 1. The Labute approximate surface area is 86.2 Å². The second kappa shape index (κ2) is 5.89. The predicted molar refractivity (Wildman–Crippen MR) is 56.2 cm³/mol. The Morgan fingerprint density at radius 3 is 2.79 bits per heavy atom. The van der Waals surface area contributed by atoms with E-state index in [4.69, 9.17) is 4.74 Å². The Hall–Kier alpha value is -0.730. The second-order valence-electron chi connectivity index (χ2n) is 3.98. The smallest absolute Gasteiger partial charge is 0.407 e. The fourth-order valence-electron chi connectivity index (χ4n) is 1.54. The first kappa shape index (κ1) is 11.3. The molecule has 0 aromatic carbocycles. The van der Waals surface area contributed by atoms with Crippen LogP contribution in [0.1, 0.15) is 46.0 Å². The zero-order valence-electron chi connectivity index (χ0n) is 9.21. The summed E-state index contributed by atoms with van der Waals surface area (Å²) >= 11 is 0. The third-order valence-corrected chi connectivity index (χ3v) is 2.69. The molecule has 0 spiro atoms. The summed E-state index contributed by atoms with van der Waals surface area (Å²) in [5.74, 6) is 0.622. The molecule has 0 bridgehead atoms. The molecule has 1 fully saturated rings. The molecule has 2 atom stereocenters. The molecule has 1 N–H and O–H groups in total. The maximum Gasteiger partial charge on any atom is 0.407 e. The first-order chi connectivity index (χ1) is 6.77. The molecule has 1 saturated carbocycles. The van der Waals surface area contributed by atoms with Crippen LogP contribution in [0.2, 0.25) is 0 Å². The molecule has 1 aliphatic carbocycles. The van der Waals surface area contributed by atoms with Crippen molar-refractivity contribution in [1.29, 1.82) is 0 Å². The molecule has 2 unspecified atom stereocenters. The number of alkyl carbamates (subject to hydrolysis) is 1. The van der Waals surface area contributed by atoms with Gasteiger partial charge in [-0.05, 0) is 25.2 Å². The highest BCUT2D eigenvalue weighted by molar-refractivity contribution is 5.67. The molecule has 3 nitrogen and oxygen atoms in total. The molecule has 0 heterocycles. The number of carbonyl (C=O) groups is 1. The summed E-state index contributed by atoms with van der Waals surface area (Å²) in [5.41, 5.74) is 0. The molecule has 0 saturated heterocycles. The van der Waals surface area contributed by atoms with E-state index >= 15 is 0 Å². The van der Waals surface area contributed by atoms with Gasteiger partial charge in [-0.3, -0.25) is 0 Å². The lowest BCUT2D eigenvalue weighted by Gasteiger charge is -2.05. The summed E-state index contributed by atoms with van der Waals surface area (Å²) in [5, 5.41) is 2.77. The van der Waals surface area contributed by atoms with Gasteiger partial charge in [-0.25, -0.2) is 4.79 Å². The number of rotatable bonds is 6. The van der Waals surface area contributed by atoms with Crippen LogP contribution in [0.4, 0.5) is 4.79 Å². The van der Waals surface area contributed by atoms with Crippen molar-refractivity contribution in [3.8, 4) is 0 Å². The van der Waals surface area contributed by atoms with Gasteiger partial charge in [-0.1, -0.05) is 26.7 Å². The lowest BCUT2D eigenvalue weighted by Crippen LogP contribution is -2.26. The molecular weight excluding hydrogens is 178 g/mol. The van der Waals surface area contributed by atoms with Gasteiger partial charge in [0.05, 0.1) is 0 Å². The number of amides is 1. The van der Waals surface area contributed by atoms with Gasteiger partial charge in [0, 0.05) is 6.54 Å². The number of unbranched alkanes of at least 4 members (excludes halogenated alkanes) is 2. The second-order valence-corrected chi connectivity index (χ2v) is 3.98. The molecule has 82 valence electrons. The molecule has 0 aliphatic heterocycles. The van der Waals surface area contributed by atoms with Crippen LogP contribution in [0.3, 0.4) is 0 Å². The Bertz CT molecular complexity index is 182. The minimum Gasteiger partial charge on any atom is -0.446 e. The van der Waals surface area contributed by atoms with E-state index in [-0.39, 0.29) is 12.2 Å². The number of carbonyl (C=O) groups excluding carboxylic acids is 1. The van der Waals surface area contributed by atoms with Crippen molar-refractivity contribution in [3.63, 3.8) is 0 Å². The lowest BCUT2D eigenvalue weighted by molar-refractivity contribution is 0.133. The molecule has 0 aromatic rings. The Kier molecular flexibility index (Phi) is 4.77. The average Bonchev–Trinajstić information content (AvgIpc) is 2.91. The van der Waals surface area contributed by atoms with Crippen LogP contribution in [0.25, 0.3) is 0 Å². The first-order valence-corrected chi connectivity index (χ1v) is 5.72. The van der Waals surface area contributed by atoms with Crippen LogP contribution in [0.5, 0.6) is 0 Å². The van der Waals surface area contributed by atoms with Gasteiger partial charge in [0.1, 0.15) is 6.10 Å². The van der Waals surface area contributed by atoms with Crippen molar-refractivity contribution in [2.45, 2.75) is 52.1 Å². The topological polar surface area (TPSA) is 38.3 Å². The molecule has 3 heteroatoms. The van der Waals surface area contributed by atoms with E-state index in [1.807, 2.05) is 0 Å². The monoisotopic (exact) mass is 199 g/mol. The van der Waals surface area contributed by atoms with Gasteiger partial charge >= 0.3 is 6.09 Å². The van der Waals surface area contributed by atoms with Crippen LogP contribution in [0, 0.1) is 5.92 Å². The highest BCUT2D eigenvalue weighted by atomic mass is 16.6. The maximum atomic E-state index is 11.2. The van der Waals surface area contributed by atoms with Crippen molar-refractivity contribution < 1.29 is 9.53 Å². The summed E-state index contributed by atoms with van der Waals surface area (Å²) in [7, 11) is 0. The quantitative estimate of drug-likeness (QED) is 0.668. The SMILES string of the molecule is CCCCCNC(=O)OC1CC1CC. The van der Waals surface area contributed by atoms with Gasteiger partial charge in [-0.2, -0.15) is 0 Å². The van der Waals surface area contributed by atoms with Gasteiger partial charge in [0.25, 0.3) is 0 Å². The Morgan fingerprint density at radius 2 is 2.21 bits per heavy atom. The minimum atomic E-state index is -0.234. The van der Waals surface area contributed by atoms with Crippen LogP contribution >= 0.6 is 0 Å². The number of hydrogen-bond acceptors (Lipinski definition) is 2. The van der Waals surface area contributed by atoms with E-state index in [0.29, 0.717) is 5.92 Å². The molecule has 0 aromatic heterocycles. The lowest BCUT2D eigenvalue weighted by atomic mass is 10.2. The largest absolute Gasteiger partial charge is 0.446 e. The van der Waals surface area contributed by atoms with Crippen LogP contribution in [-0.2, 0) is 4.74 Å². The van der Waals surface area contributed by atoms with E-state index in [9.17, 15) is 4.79 Å². The molecule has 1 aliphatic rings. The van der Waals surface area contributed by atoms with Gasteiger partial charge in [0.2, 0.25) is 0 Å². The van der Waals surface area contributed by atoms with Crippen LogP contribution < -0.4 is 5.32 Å². The van der Waals surface area contributed by atoms with E-state index in [1.165, 1.54) is 12.8 Å². The molecule has 1 rings (SSSR count). The predicted octanol–water partition coefficient (Wildman–Crippen LogP) is 2.70. The molecule has 1 amide bonds. The van der Waals surface area contributed by atoms with Crippen LogP contribution in [0.15, 0.2) is 0 Å². The molecule has 0 radical (unpaired) electrons. The highest BCUT2D eigenvalue weighted by Gasteiger charge is 2.38. The summed E-state index contributed by atoms with van der Waals surface area (Å²) in [6.07, 6.45) is 5.53. The number of nitrogens with one attached hydrogen (secondary N) is 1. The molecular formula is C11H21NO2.